The summed E-state index contributed by atoms with van der Waals surface area (Å²) in [7, 11) is 0. The molecule has 0 spiro atoms. The number of aromatic nitrogens is 6. The average molecular weight is 510 g/mol. The van der Waals surface area contributed by atoms with Crippen molar-refractivity contribution in [3.8, 4) is 33.8 Å². The molecular formula is C28H27N7OS. The van der Waals surface area contributed by atoms with Crippen molar-refractivity contribution >= 4 is 11.3 Å². The van der Waals surface area contributed by atoms with Crippen molar-refractivity contribution in [2.75, 3.05) is 19.6 Å². The van der Waals surface area contributed by atoms with Crippen LogP contribution in [0.5, 0.6) is 0 Å². The van der Waals surface area contributed by atoms with Gasteiger partial charge in [0.25, 0.3) is 5.56 Å². The molecule has 1 aliphatic rings. The van der Waals surface area contributed by atoms with Gasteiger partial charge in [0.1, 0.15) is 0 Å². The van der Waals surface area contributed by atoms with E-state index in [0.29, 0.717) is 12.4 Å². The number of rotatable bonds is 8. The van der Waals surface area contributed by atoms with E-state index in [4.69, 9.17) is 0 Å². The summed E-state index contributed by atoms with van der Waals surface area (Å²) in [5.41, 5.74) is 5.47. The molecule has 1 aromatic carbocycles. The lowest BCUT2D eigenvalue weighted by Crippen LogP contribution is -2.24. The van der Waals surface area contributed by atoms with Crippen molar-refractivity contribution in [2.24, 2.45) is 0 Å². The zero-order valence-corrected chi connectivity index (χ0v) is 21.2. The van der Waals surface area contributed by atoms with Crippen LogP contribution < -0.4 is 5.56 Å². The van der Waals surface area contributed by atoms with Crippen LogP contribution in [-0.2, 0) is 13.1 Å². The highest BCUT2D eigenvalue weighted by molar-refractivity contribution is 7.08. The Hall–Kier alpha value is -3.95. The Labute approximate surface area is 218 Å². The molecule has 0 N–H and O–H groups in total. The maximum absolute atomic E-state index is 12.5. The second-order valence-electron chi connectivity index (χ2n) is 9.26. The highest BCUT2D eigenvalue weighted by Gasteiger charge is 2.12. The monoisotopic (exact) mass is 509 g/mol. The number of thiophene rings is 1. The highest BCUT2D eigenvalue weighted by atomic mass is 32.1. The van der Waals surface area contributed by atoms with Gasteiger partial charge in [0.2, 0.25) is 0 Å². The van der Waals surface area contributed by atoms with E-state index in [1.54, 1.807) is 23.5 Å². The summed E-state index contributed by atoms with van der Waals surface area (Å²) < 4.78 is 3.49. The first-order chi connectivity index (χ1) is 18.2. The smallest absolute Gasteiger partial charge is 0.267 e. The lowest BCUT2D eigenvalue weighted by molar-refractivity contribution is 0.316. The van der Waals surface area contributed by atoms with E-state index in [9.17, 15) is 4.79 Å². The number of nitrogens with zero attached hydrogens (tertiary/aromatic N) is 7. The molecule has 5 aromatic rings. The fourth-order valence-corrected chi connectivity index (χ4v) is 5.27. The Morgan fingerprint density at radius 1 is 0.865 bits per heavy atom. The van der Waals surface area contributed by atoms with Gasteiger partial charge in [0.15, 0.2) is 5.82 Å². The van der Waals surface area contributed by atoms with Gasteiger partial charge in [-0.2, -0.15) is 21.5 Å². The normalized spacial score (nSPS) is 13.8. The maximum atomic E-state index is 12.5. The van der Waals surface area contributed by atoms with Crippen LogP contribution in [0.1, 0.15) is 18.4 Å². The zero-order chi connectivity index (χ0) is 25.0. The lowest BCUT2D eigenvalue weighted by atomic mass is 10.1. The number of likely N-dealkylation sites (tertiary alicyclic amines) is 1. The van der Waals surface area contributed by atoms with Crippen molar-refractivity contribution in [1.29, 1.82) is 0 Å². The molecule has 0 atom stereocenters. The van der Waals surface area contributed by atoms with Gasteiger partial charge >= 0.3 is 0 Å². The minimum Gasteiger partial charge on any atom is -0.301 e. The van der Waals surface area contributed by atoms with Crippen LogP contribution in [0.2, 0.25) is 0 Å². The van der Waals surface area contributed by atoms with Gasteiger partial charge in [-0.3, -0.25) is 9.48 Å². The third-order valence-electron chi connectivity index (χ3n) is 6.66. The van der Waals surface area contributed by atoms with Gasteiger partial charge < -0.3 is 4.90 Å². The maximum Gasteiger partial charge on any atom is 0.267 e. The molecule has 0 saturated carbocycles. The average Bonchev–Trinajstić information content (AvgIpc) is 3.72. The van der Waals surface area contributed by atoms with Crippen LogP contribution >= 0.6 is 11.3 Å². The van der Waals surface area contributed by atoms with Crippen LogP contribution in [-0.4, -0.2) is 54.1 Å². The molecule has 0 amide bonds. The molecule has 1 fully saturated rings. The second-order valence-corrected chi connectivity index (χ2v) is 10.0. The lowest BCUT2D eigenvalue weighted by Gasteiger charge is -2.13. The van der Waals surface area contributed by atoms with Gasteiger partial charge in [-0.05, 0) is 55.1 Å². The molecule has 186 valence electrons. The Morgan fingerprint density at radius 3 is 2.54 bits per heavy atom. The SMILES string of the molecule is O=c1ccc(-c2ccsc2)nn1Cc1cccc(-c2ncc(-c3cnn(CCN4CCCC4)c3)cn2)c1. The standard InChI is InChI=1S/C28H27N7OS/c36-27-7-6-26(23-8-13-37-20-23)32-35(27)18-21-4-3-5-22(14-21)28-29-15-24(16-30-28)25-17-31-34(19-25)12-11-33-9-1-2-10-33/h3-8,13-17,19-20H,1-2,9-12,18H2. The summed E-state index contributed by atoms with van der Waals surface area (Å²) in [5.74, 6) is 0.638. The van der Waals surface area contributed by atoms with Gasteiger partial charge in [-0.1, -0.05) is 18.2 Å². The molecule has 1 saturated heterocycles. The summed E-state index contributed by atoms with van der Waals surface area (Å²) in [6.07, 6.45) is 10.2. The first-order valence-electron chi connectivity index (χ1n) is 12.5. The van der Waals surface area contributed by atoms with E-state index in [-0.39, 0.29) is 5.56 Å². The zero-order valence-electron chi connectivity index (χ0n) is 20.4. The summed E-state index contributed by atoms with van der Waals surface area (Å²) in [6.45, 7) is 4.69. The fourth-order valence-electron chi connectivity index (χ4n) is 4.62. The molecule has 0 bridgehead atoms. The van der Waals surface area contributed by atoms with Crippen molar-refractivity contribution in [3.05, 3.63) is 93.9 Å². The molecule has 8 nitrogen and oxygen atoms in total. The highest BCUT2D eigenvalue weighted by Crippen LogP contribution is 2.22. The third kappa shape index (κ3) is 5.42. The Kier molecular flexibility index (Phi) is 6.70. The molecular weight excluding hydrogens is 482 g/mol. The minimum atomic E-state index is -0.133. The van der Waals surface area contributed by atoms with Crippen LogP contribution in [0.4, 0.5) is 0 Å². The number of benzene rings is 1. The van der Waals surface area contributed by atoms with E-state index < -0.39 is 0 Å². The predicted molar refractivity (Wildman–Crippen MR) is 145 cm³/mol. The van der Waals surface area contributed by atoms with E-state index in [2.05, 4.69) is 31.3 Å². The molecule has 37 heavy (non-hydrogen) atoms. The Bertz CT molecular complexity index is 1530. The van der Waals surface area contributed by atoms with Gasteiger partial charge in [0, 0.05) is 58.8 Å². The summed E-state index contributed by atoms with van der Waals surface area (Å²) >= 11 is 1.61. The van der Waals surface area contributed by atoms with Crippen molar-refractivity contribution < 1.29 is 0 Å². The van der Waals surface area contributed by atoms with Crippen LogP contribution in [0.3, 0.4) is 0 Å². The predicted octanol–water partition coefficient (Wildman–Crippen LogP) is 4.44. The van der Waals surface area contributed by atoms with E-state index >= 15 is 0 Å². The van der Waals surface area contributed by atoms with Gasteiger partial charge in [-0.15, -0.1) is 0 Å². The Morgan fingerprint density at radius 2 is 1.73 bits per heavy atom. The van der Waals surface area contributed by atoms with E-state index in [1.807, 2.05) is 64.4 Å². The Balaban J connectivity index is 1.16. The molecule has 0 radical (unpaired) electrons. The van der Waals surface area contributed by atoms with Crippen LogP contribution in [0.15, 0.2) is 82.8 Å². The number of hydrogen-bond donors (Lipinski definition) is 0. The largest absolute Gasteiger partial charge is 0.301 e. The first kappa shape index (κ1) is 23.4. The van der Waals surface area contributed by atoms with E-state index in [1.165, 1.54) is 30.6 Å². The quantitative estimate of drug-likeness (QED) is 0.308. The van der Waals surface area contributed by atoms with Crippen LogP contribution in [0, 0.1) is 0 Å². The third-order valence-corrected chi connectivity index (χ3v) is 7.35. The summed E-state index contributed by atoms with van der Waals surface area (Å²) in [6, 6.07) is 13.3. The molecule has 0 aliphatic carbocycles. The van der Waals surface area contributed by atoms with Crippen LogP contribution in [0.25, 0.3) is 33.8 Å². The van der Waals surface area contributed by atoms with Crippen molar-refractivity contribution in [3.63, 3.8) is 0 Å². The summed E-state index contributed by atoms with van der Waals surface area (Å²) in [4.78, 5) is 24.2. The van der Waals surface area contributed by atoms with Gasteiger partial charge in [0.05, 0.1) is 25.0 Å². The topological polar surface area (TPSA) is 81.7 Å². The van der Waals surface area contributed by atoms with Crippen molar-refractivity contribution in [2.45, 2.75) is 25.9 Å². The molecule has 9 heteroatoms. The molecule has 1 aliphatic heterocycles. The molecule has 6 rings (SSSR count). The minimum absolute atomic E-state index is 0.133. The first-order valence-corrected chi connectivity index (χ1v) is 13.4. The summed E-state index contributed by atoms with van der Waals surface area (Å²) in [5, 5.41) is 13.1. The van der Waals surface area contributed by atoms with E-state index in [0.717, 1.165) is 46.6 Å². The molecule has 5 heterocycles. The fraction of sp³-hybridized carbons (Fsp3) is 0.250. The number of hydrogen-bond acceptors (Lipinski definition) is 7. The molecule has 0 unspecified atom stereocenters. The van der Waals surface area contributed by atoms with Crippen molar-refractivity contribution in [1.82, 2.24) is 34.4 Å². The van der Waals surface area contributed by atoms with Gasteiger partial charge in [-0.25, -0.2) is 14.6 Å². The molecule has 4 aromatic heterocycles. The second kappa shape index (κ2) is 10.6.